The third-order valence-corrected chi connectivity index (χ3v) is 5.71. The normalized spacial score (nSPS) is 21.5. The molecule has 6 heteroatoms. The quantitative estimate of drug-likeness (QED) is 0.918. The van der Waals surface area contributed by atoms with Gasteiger partial charge in [0.25, 0.3) is 5.91 Å². The summed E-state index contributed by atoms with van der Waals surface area (Å²) in [5.74, 6) is -0.316. The van der Waals surface area contributed by atoms with E-state index in [9.17, 15) is 9.59 Å². The Hall–Kier alpha value is -2.21. The van der Waals surface area contributed by atoms with E-state index in [0.717, 1.165) is 25.0 Å². The number of carbonyl (C=O) groups is 1. The third-order valence-electron chi connectivity index (χ3n) is 5.71. The summed E-state index contributed by atoms with van der Waals surface area (Å²) in [6.45, 7) is 5.04. The second-order valence-corrected chi connectivity index (χ2v) is 7.56. The molecule has 1 spiro atoms. The number of hydrogen-bond acceptors (Lipinski definition) is 4. The number of amides is 1. The van der Waals surface area contributed by atoms with E-state index >= 15 is 0 Å². The molecule has 26 heavy (non-hydrogen) atoms. The number of rotatable bonds is 3. The van der Waals surface area contributed by atoms with Crippen molar-refractivity contribution in [3.05, 3.63) is 39.8 Å². The van der Waals surface area contributed by atoms with Gasteiger partial charge in [-0.1, -0.05) is 12.8 Å². The van der Waals surface area contributed by atoms with E-state index in [2.05, 4.69) is 10.3 Å². The average molecular weight is 355 g/mol. The molecular weight excluding hydrogens is 330 g/mol. The van der Waals surface area contributed by atoms with Crippen molar-refractivity contribution in [1.29, 1.82) is 0 Å². The molecule has 6 nitrogen and oxygen atoms in total. The van der Waals surface area contributed by atoms with Crippen molar-refractivity contribution in [1.82, 2.24) is 14.9 Å². The van der Waals surface area contributed by atoms with Crippen molar-refractivity contribution in [3.8, 4) is 0 Å². The number of hydrogen-bond donors (Lipinski definition) is 1. The Labute approximate surface area is 152 Å². The number of fused-ring (bicyclic) bond motifs is 1. The van der Waals surface area contributed by atoms with Crippen LogP contribution in [0.4, 0.5) is 0 Å². The van der Waals surface area contributed by atoms with Gasteiger partial charge in [-0.25, -0.2) is 4.98 Å². The van der Waals surface area contributed by atoms with Crippen LogP contribution in [-0.2, 0) is 11.3 Å². The highest BCUT2D eigenvalue weighted by atomic mass is 16.5. The molecule has 1 aliphatic carbocycles. The van der Waals surface area contributed by atoms with E-state index in [-0.39, 0.29) is 28.5 Å². The van der Waals surface area contributed by atoms with Crippen LogP contribution in [0.2, 0.25) is 0 Å². The predicted octanol–water partition coefficient (Wildman–Crippen LogP) is 2.56. The summed E-state index contributed by atoms with van der Waals surface area (Å²) >= 11 is 0. The van der Waals surface area contributed by atoms with Gasteiger partial charge in [0, 0.05) is 18.4 Å². The number of nitrogens with one attached hydrogen (secondary N) is 1. The number of carbonyl (C=O) groups excluding carboxylic acids is 1. The van der Waals surface area contributed by atoms with Crippen molar-refractivity contribution in [2.75, 3.05) is 6.61 Å². The highest BCUT2D eigenvalue weighted by molar-refractivity contribution is 5.97. The van der Waals surface area contributed by atoms with Crippen molar-refractivity contribution in [2.24, 2.45) is 0 Å². The molecule has 0 unspecified atom stereocenters. The molecule has 1 atom stereocenters. The zero-order valence-electron chi connectivity index (χ0n) is 15.4. The Balaban J connectivity index is 1.62. The fourth-order valence-corrected chi connectivity index (χ4v) is 4.33. The minimum atomic E-state index is -0.316. The molecule has 1 saturated carbocycles. The Morgan fingerprint density at radius 2 is 2.15 bits per heavy atom. The zero-order chi connectivity index (χ0) is 18.3. The fraction of sp³-hybridized carbons (Fsp3) is 0.550. The van der Waals surface area contributed by atoms with Crippen molar-refractivity contribution < 1.29 is 9.53 Å². The van der Waals surface area contributed by atoms with Gasteiger partial charge in [0.05, 0.1) is 23.6 Å². The average Bonchev–Trinajstić information content (AvgIpc) is 3.25. The van der Waals surface area contributed by atoms with Crippen LogP contribution >= 0.6 is 0 Å². The van der Waals surface area contributed by atoms with Crippen LogP contribution in [0, 0.1) is 6.92 Å². The minimum absolute atomic E-state index is 0.0260. The van der Waals surface area contributed by atoms with Gasteiger partial charge in [-0.15, -0.1) is 0 Å². The molecule has 3 heterocycles. The lowest BCUT2D eigenvalue weighted by Gasteiger charge is -2.21. The van der Waals surface area contributed by atoms with Crippen LogP contribution in [0.3, 0.4) is 0 Å². The lowest BCUT2D eigenvalue weighted by molar-refractivity contribution is 0.00987. The molecule has 2 fully saturated rings. The summed E-state index contributed by atoms with van der Waals surface area (Å²) in [5, 5.41) is 3.50. The summed E-state index contributed by atoms with van der Waals surface area (Å²) < 4.78 is 7.86. The molecule has 2 aliphatic rings. The Morgan fingerprint density at radius 3 is 2.88 bits per heavy atom. The Bertz CT molecular complexity index is 912. The molecule has 0 aromatic carbocycles. The molecule has 2 aromatic heterocycles. The number of ether oxygens (including phenoxy) is 1. The minimum Gasteiger partial charge on any atom is -0.373 e. The molecule has 0 radical (unpaired) electrons. The number of aromatic nitrogens is 2. The maximum Gasteiger partial charge on any atom is 0.257 e. The van der Waals surface area contributed by atoms with Crippen LogP contribution < -0.4 is 10.7 Å². The van der Waals surface area contributed by atoms with Gasteiger partial charge >= 0.3 is 0 Å². The van der Waals surface area contributed by atoms with Crippen LogP contribution in [0.15, 0.2) is 23.1 Å². The first-order valence-corrected chi connectivity index (χ1v) is 9.47. The first-order chi connectivity index (χ1) is 12.5. The van der Waals surface area contributed by atoms with Crippen LogP contribution in [-0.4, -0.2) is 33.7 Å². The zero-order valence-corrected chi connectivity index (χ0v) is 15.4. The first kappa shape index (κ1) is 17.2. The SMILES string of the molecule is CCn1cc(C(=O)N[C@@H]2COC3(CCCC3)C2)c(=O)c2ccc(C)nc21. The molecule has 1 amide bonds. The van der Waals surface area contributed by atoms with Crippen molar-refractivity contribution >= 4 is 16.9 Å². The topological polar surface area (TPSA) is 73.2 Å². The lowest BCUT2D eigenvalue weighted by atomic mass is 9.96. The Morgan fingerprint density at radius 1 is 1.38 bits per heavy atom. The highest BCUT2D eigenvalue weighted by Crippen LogP contribution is 2.40. The van der Waals surface area contributed by atoms with Gasteiger partial charge in [0.1, 0.15) is 11.2 Å². The molecule has 0 bridgehead atoms. The van der Waals surface area contributed by atoms with E-state index in [0.29, 0.717) is 24.2 Å². The number of aryl methyl sites for hydroxylation is 2. The van der Waals surface area contributed by atoms with Crippen LogP contribution in [0.5, 0.6) is 0 Å². The largest absolute Gasteiger partial charge is 0.373 e. The van der Waals surface area contributed by atoms with Gasteiger partial charge in [-0.05, 0) is 45.2 Å². The van der Waals surface area contributed by atoms with Gasteiger partial charge in [-0.3, -0.25) is 9.59 Å². The molecule has 138 valence electrons. The summed E-state index contributed by atoms with van der Waals surface area (Å²) in [6.07, 6.45) is 7.01. The monoisotopic (exact) mass is 355 g/mol. The van der Waals surface area contributed by atoms with E-state index in [4.69, 9.17) is 4.74 Å². The van der Waals surface area contributed by atoms with Crippen molar-refractivity contribution in [3.63, 3.8) is 0 Å². The van der Waals surface area contributed by atoms with E-state index in [1.165, 1.54) is 12.8 Å². The predicted molar refractivity (Wildman–Crippen MR) is 99.4 cm³/mol. The summed E-state index contributed by atoms with van der Waals surface area (Å²) in [5.41, 5.74) is 1.35. The third kappa shape index (κ3) is 2.92. The lowest BCUT2D eigenvalue weighted by Crippen LogP contribution is -2.38. The second-order valence-electron chi connectivity index (χ2n) is 7.56. The fourth-order valence-electron chi connectivity index (χ4n) is 4.33. The molecular formula is C20H25N3O3. The molecule has 1 saturated heterocycles. The molecule has 1 N–H and O–H groups in total. The Kier molecular flexibility index (Phi) is 4.31. The summed E-state index contributed by atoms with van der Waals surface area (Å²) in [7, 11) is 0. The van der Waals surface area contributed by atoms with Gasteiger partial charge in [-0.2, -0.15) is 0 Å². The molecule has 1 aliphatic heterocycles. The van der Waals surface area contributed by atoms with E-state index < -0.39 is 0 Å². The molecule has 2 aromatic rings. The number of nitrogens with zero attached hydrogens (tertiary/aromatic N) is 2. The first-order valence-electron chi connectivity index (χ1n) is 9.47. The highest BCUT2D eigenvalue weighted by Gasteiger charge is 2.43. The van der Waals surface area contributed by atoms with Gasteiger partial charge < -0.3 is 14.6 Å². The van der Waals surface area contributed by atoms with Gasteiger partial charge in [0.2, 0.25) is 5.43 Å². The standard InChI is InChI=1S/C20H25N3O3/c1-3-23-11-16(17(24)15-7-6-13(2)21-18(15)23)19(25)22-14-10-20(26-12-14)8-4-5-9-20/h6-7,11,14H,3-5,8-10,12H2,1-2H3,(H,22,25)/t14-/m0/s1. The maximum absolute atomic E-state index is 12.8. The van der Waals surface area contributed by atoms with E-state index in [1.54, 1.807) is 18.3 Å². The smallest absolute Gasteiger partial charge is 0.257 e. The van der Waals surface area contributed by atoms with Crippen LogP contribution in [0.25, 0.3) is 11.0 Å². The van der Waals surface area contributed by atoms with Crippen molar-refractivity contribution in [2.45, 2.75) is 64.1 Å². The van der Waals surface area contributed by atoms with Gasteiger partial charge in [0.15, 0.2) is 0 Å². The van der Waals surface area contributed by atoms with E-state index in [1.807, 2.05) is 18.4 Å². The second kappa shape index (κ2) is 6.50. The summed E-state index contributed by atoms with van der Waals surface area (Å²) in [6, 6.07) is 3.54. The molecule has 4 rings (SSSR count). The van der Waals surface area contributed by atoms with Crippen LogP contribution in [0.1, 0.15) is 55.1 Å². The maximum atomic E-state index is 12.8. The summed E-state index contributed by atoms with van der Waals surface area (Å²) in [4.78, 5) is 30.1. The number of pyridine rings is 2.